The molecule has 2 aromatic carbocycles. The number of primary amides is 1. The second kappa shape index (κ2) is 5.23. The zero-order chi connectivity index (χ0) is 13.0. The molecule has 0 aliphatic heterocycles. The molecule has 3 N–H and O–H groups in total. The zero-order valence-corrected chi connectivity index (χ0v) is 9.67. The average Bonchev–Trinajstić information content (AvgIpc) is 2.37. The Balaban J connectivity index is 2.14. The molecule has 0 aliphatic carbocycles. The Bertz CT molecular complexity index is 549. The predicted molar refractivity (Wildman–Crippen MR) is 67.9 cm³/mol. The van der Waals surface area contributed by atoms with Crippen molar-refractivity contribution >= 4 is 6.09 Å². The van der Waals surface area contributed by atoms with Crippen LogP contribution in [0, 0.1) is 0 Å². The van der Waals surface area contributed by atoms with Gasteiger partial charge in [-0.3, -0.25) is 0 Å². The van der Waals surface area contributed by atoms with Gasteiger partial charge in [-0.1, -0.05) is 36.4 Å². The summed E-state index contributed by atoms with van der Waals surface area (Å²) in [5.74, 6) is 0.230. The summed E-state index contributed by atoms with van der Waals surface area (Å²) in [6.45, 7) is 0.162. The average molecular weight is 243 g/mol. The van der Waals surface area contributed by atoms with Crippen molar-refractivity contribution in [3.63, 3.8) is 0 Å². The summed E-state index contributed by atoms with van der Waals surface area (Å²) in [5, 5.41) is 9.40. The number of hydrogen-bond acceptors (Lipinski definition) is 3. The van der Waals surface area contributed by atoms with E-state index in [9.17, 15) is 9.90 Å². The van der Waals surface area contributed by atoms with E-state index in [1.165, 1.54) is 0 Å². The van der Waals surface area contributed by atoms with Crippen LogP contribution >= 0.6 is 0 Å². The monoisotopic (exact) mass is 243 g/mol. The van der Waals surface area contributed by atoms with E-state index >= 15 is 0 Å². The standard InChI is InChI=1S/C14H13NO3/c15-14(17)18-9-10-4-6-11(7-5-10)12-2-1-3-13(16)8-12/h1-8,16H,9H2,(H2,15,17). The van der Waals surface area contributed by atoms with Crippen LogP contribution in [0.3, 0.4) is 0 Å². The third kappa shape index (κ3) is 3.01. The van der Waals surface area contributed by atoms with Gasteiger partial charge in [-0.05, 0) is 28.8 Å². The molecule has 18 heavy (non-hydrogen) atoms. The van der Waals surface area contributed by atoms with Gasteiger partial charge in [0.15, 0.2) is 0 Å². The van der Waals surface area contributed by atoms with Gasteiger partial charge < -0.3 is 15.6 Å². The van der Waals surface area contributed by atoms with Crippen LogP contribution in [0.4, 0.5) is 4.79 Å². The normalized spacial score (nSPS) is 10.0. The van der Waals surface area contributed by atoms with Gasteiger partial charge in [0.05, 0.1) is 0 Å². The minimum Gasteiger partial charge on any atom is -0.508 e. The second-order valence-corrected chi connectivity index (χ2v) is 3.85. The fourth-order valence-corrected chi connectivity index (χ4v) is 1.63. The van der Waals surface area contributed by atoms with Crippen LogP contribution in [-0.4, -0.2) is 11.2 Å². The van der Waals surface area contributed by atoms with Gasteiger partial charge in [0, 0.05) is 0 Å². The Kier molecular flexibility index (Phi) is 3.48. The molecule has 0 aliphatic rings. The summed E-state index contributed by atoms with van der Waals surface area (Å²) in [6, 6.07) is 14.5. The van der Waals surface area contributed by atoms with Crippen LogP contribution in [0.1, 0.15) is 5.56 Å². The van der Waals surface area contributed by atoms with Gasteiger partial charge in [0.2, 0.25) is 0 Å². The smallest absolute Gasteiger partial charge is 0.404 e. The molecule has 0 fully saturated rings. The SMILES string of the molecule is NC(=O)OCc1ccc(-c2cccc(O)c2)cc1. The molecule has 0 heterocycles. The van der Waals surface area contributed by atoms with E-state index in [4.69, 9.17) is 10.5 Å². The number of ether oxygens (including phenoxy) is 1. The second-order valence-electron chi connectivity index (χ2n) is 3.85. The van der Waals surface area contributed by atoms with E-state index in [1.807, 2.05) is 30.3 Å². The molecule has 0 atom stereocenters. The zero-order valence-electron chi connectivity index (χ0n) is 9.67. The molecule has 4 heteroatoms. The minimum atomic E-state index is -0.785. The van der Waals surface area contributed by atoms with E-state index in [1.54, 1.807) is 18.2 Å². The van der Waals surface area contributed by atoms with Gasteiger partial charge in [0.1, 0.15) is 12.4 Å². The molecule has 0 unspecified atom stereocenters. The maximum Gasteiger partial charge on any atom is 0.404 e. The summed E-state index contributed by atoms with van der Waals surface area (Å²) >= 11 is 0. The quantitative estimate of drug-likeness (QED) is 0.870. The molecule has 0 spiro atoms. The molecule has 2 rings (SSSR count). The van der Waals surface area contributed by atoms with Crippen LogP contribution in [0.25, 0.3) is 11.1 Å². The van der Waals surface area contributed by atoms with Crippen molar-refractivity contribution < 1.29 is 14.6 Å². The molecule has 0 saturated heterocycles. The predicted octanol–water partition coefficient (Wildman–Crippen LogP) is 2.65. The van der Waals surface area contributed by atoms with Gasteiger partial charge in [-0.25, -0.2) is 4.79 Å². The van der Waals surface area contributed by atoms with Crippen molar-refractivity contribution in [2.75, 3.05) is 0 Å². The van der Waals surface area contributed by atoms with Crippen LogP contribution in [0.2, 0.25) is 0 Å². The van der Waals surface area contributed by atoms with Crippen molar-refractivity contribution in [2.24, 2.45) is 5.73 Å². The summed E-state index contributed by atoms with van der Waals surface area (Å²) in [4.78, 5) is 10.5. The van der Waals surface area contributed by atoms with Crippen molar-refractivity contribution in [2.45, 2.75) is 6.61 Å². The molecular weight excluding hydrogens is 230 g/mol. The first-order chi connectivity index (χ1) is 8.65. The highest BCUT2D eigenvalue weighted by atomic mass is 16.5. The Hall–Kier alpha value is -2.49. The maximum atomic E-state index is 10.5. The molecule has 0 bridgehead atoms. The number of hydrogen-bond donors (Lipinski definition) is 2. The number of carbonyl (C=O) groups is 1. The molecule has 2 aromatic rings. The van der Waals surface area contributed by atoms with Gasteiger partial charge in [-0.2, -0.15) is 0 Å². The van der Waals surface area contributed by atoms with E-state index < -0.39 is 6.09 Å². The van der Waals surface area contributed by atoms with E-state index in [2.05, 4.69) is 0 Å². The Morgan fingerprint density at radius 1 is 1.11 bits per heavy atom. The van der Waals surface area contributed by atoms with Crippen LogP contribution in [0.5, 0.6) is 5.75 Å². The van der Waals surface area contributed by atoms with Crippen molar-refractivity contribution in [1.29, 1.82) is 0 Å². The third-order valence-corrected chi connectivity index (χ3v) is 2.51. The lowest BCUT2D eigenvalue weighted by atomic mass is 10.0. The van der Waals surface area contributed by atoms with Crippen molar-refractivity contribution in [3.05, 3.63) is 54.1 Å². The first kappa shape index (κ1) is 12.0. The largest absolute Gasteiger partial charge is 0.508 e. The lowest BCUT2D eigenvalue weighted by Gasteiger charge is -2.05. The summed E-state index contributed by atoms with van der Waals surface area (Å²) < 4.78 is 4.69. The number of rotatable bonds is 3. The third-order valence-electron chi connectivity index (χ3n) is 2.51. The van der Waals surface area contributed by atoms with Gasteiger partial charge >= 0.3 is 6.09 Å². The highest BCUT2D eigenvalue weighted by molar-refractivity contribution is 5.66. The molecule has 1 amide bonds. The number of carbonyl (C=O) groups excluding carboxylic acids is 1. The number of nitrogens with two attached hydrogens (primary N) is 1. The first-order valence-electron chi connectivity index (χ1n) is 5.46. The molecule has 0 saturated carbocycles. The number of phenols is 1. The minimum absolute atomic E-state index is 0.162. The van der Waals surface area contributed by atoms with Crippen LogP contribution < -0.4 is 5.73 Å². The van der Waals surface area contributed by atoms with Crippen molar-refractivity contribution in [3.8, 4) is 16.9 Å². The molecular formula is C14H13NO3. The Labute approximate surface area is 105 Å². The molecule has 92 valence electrons. The van der Waals surface area contributed by atoms with Gasteiger partial charge in [0.25, 0.3) is 0 Å². The fraction of sp³-hybridized carbons (Fsp3) is 0.0714. The fourth-order valence-electron chi connectivity index (χ4n) is 1.63. The van der Waals surface area contributed by atoms with E-state index in [-0.39, 0.29) is 12.4 Å². The molecule has 4 nitrogen and oxygen atoms in total. The summed E-state index contributed by atoms with van der Waals surface area (Å²) in [5.41, 5.74) is 7.66. The Morgan fingerprint density at radius 2 is 1.83 bits per heavy atom. The number of phenolic OH excluding ortho intramolecular Hbond substituents is 1. The van der Waals surface area contributed by atoms with E-state index in [0.717, 1.165) is 16.7 Å². The first-order valence-corrected chi connectivity index (χ1v) is 5.46. The molecule has 0 aromatic heterocycles. The summed E-state index contributed by atoms with van der Waals surface area (Å²) in [6.07, 6.45) is -0.785. The lowest BCUT2D eigenvalue weighted by Crippen LogP contribution is -2.12. The highest BCUT2D eigenvalue weighted by Gasteiger charge is 2.00. The van der Waals surface area contributed by atoms with Crippen LogP contribution in [-0.2, 0) is 11.3 Å². The number of benzene rings is 2. The van der Waals surface area contributed by atoms with Crippen molar-refractivity contribution in [1.82, 2.24) is 0 Å². The summed E-state index contributed by atoms with van der Waals surface area (Å²) in [7, 11) is 0. The Morgan fingerprint density at radius 3 is 2.44 bits per heavy atom. The highest BCUT2D eigenvalue weighted by Crippen LogP contribution is 2.23. The van der Waals surface area contributed by atoms with Crippen LogP contribution in [0.15, 0.2) is 48.5 Å². The topological polar surface area (TPSA) is 72.6 Å². The number of aromatic hydroxyl groups is 1. The maximum absolute atomic E-state index is 10.5. The van der Waals surface area contributed by atoms with Gasteiger partial charge in [-0.15, -0.1) is 0 Å². The molecule has 0 radical (unpaired) electrons. The number of amides is 1. The van der Waals surface area contributed by atoms with E-state index in [0.29, 0.717) is 0 Å². The lowest BCUT2D eigenvalue weighted by molar-refractivity contribution is 0.150.